The molecule has 51 heavy (non-hydrogen) atoms. The topological polar surface area (TPSA) is 179 Å². The molecule has 2 N–H and O–H groups in total. The fourth-order valence-corrected chi connectivity index (χ4v) is 5.64. The van der Waals surface area contributed by atoms with Gasteiger partial charge in [0.2, 0.25) is 0 Å². The lowest BCUT2D eigenvalue weighted by atomic mass is 10.1. The third-order valence-electron chi connectivity index (χ3n) is 8.11. The van der Waals surface area contributed by atoms with E-state index in [1.54, 1.807) is 77.7 Å². The van der Waals surface area contributed by atoms with Gasteiger partial charge >= 0.3 is 0 Å². The zero-order valence-corrected chi connectivity index (χ0v) is 26.4. The van der Waals surface area contributed by atoms with Crippen molar-refractivity contribution < 1.29 is 20.1 Å². The molecule has 7 rings (SSSR count). The van der Waals surface area contributed by atoms with Crippen LogP contribution in [0.4, 0.5) is 51.2 Å². The number of hydrogen-bond acceptors (Lipinski definition) is 11. The number of hydrogen-bond donors (Lipinski definition) is 2. The van der Waals surface area contributed by atoms with Crippen LogP contribution in [0, 0.1) is 20.2 Å². The second-order valence-corrected chi connectivity index (χ2v) is 11.3. The third-order valence-corrected chi connectivity index (χ3v) is 8.11. The highest BCUT2D eigenvalue weighted by Crippen LogP contribution is 2.43. The molecule has 0 aliphatic heterocycles. The maximum Gasteiger partial charge on any atom is 0.300 e. The Kier molecular flexibility index (Phi) is 8.49. The quantitative estimate of drug-likeness (QED) is 0.0867. The molecule has 0 fully saturated rings. The Morgan fingerprint density at radius 3 is 1.43 bits per heavy atom. The second kappa shape index (κ2) is 13.5. The van der Waals surface area contributed by atoms with E-state index >= 15 is 0 Å². The Morgan fingerprint density at radius 2 is 0.980 bits per heavy atom. The monoisotopic (exact) mass is 675 g/mol. The van der Waals surface area contributed by atoms with Crippen LogP contribution in [0.15, 0.2) is 160 Å². The lowest BCUT2D eigenvalue weighted by Crippen LogP contribution is -2.12. The molecule has 0 atom stereocenters. The highest BCUT2D eigenvalue weighted by molar-refractivity contribution is 5.96. The highest BCUT2D eigenvalue weighted by Gasteiger charge is 2.26. The molecule has 13 nitrogen and oxygen atoms in total. The van der Waals surface area contributed by atoms with Crippen LogP contribution in [0.1, 0.15) is 0 Å². The van der Waals surface area contributed by atoms with Crippen molar-refractivity contribution in [3.8, 4) is 11.5 Å². The number of phenolic OH excluding ortho intramolecular Hbond substituents is 2. The molecule has 0 aliphatic carbocycles. The summed E-state index contributed by atoms with van der Waals surface area (Å²) in [4.78, 5) is 23.9. The van der Waals surface area contributed by atoms with Crippen LogP contribution < -0.4 is 4.90 Å². The second-order valence-electron chi connectivity index (χ2n) is 11.3. The lowest BCUT2D eigenvalue weighted by Gasteiger charge is -2.25. The van der Waals surface area contributed by atoms with Gasteiger partial charge in [-0.3, -0.25) is 20.2 Å². The molecule has 13 heteroatoms. The Bertz CT molecular complexity index is 2380. The zero-order chi connectivity index (χ0) is 35.5. The maximum atomic E-state index is 12.2. The normalized spacial score (nSPS) is 11.5. The molecule has 0 radical (unpaired) electrons. The van der Waals surface area contributed by atoms with Gasteiger partial charge < -0.3 is 15.1 Å². The molecule has 248 valence electrons. The van der Waals surface area contributed by atoms with Gasteiger partial charge in [0.1, 0.15) is 28.6 Å². The number of aromatic hydroxyl groups is 2. The van der Waals surface area contributed by atoms with Crippen molar-refractivity contribution in [1.29, 1.82) is 0 Å². The van der Waals surface area contributed by atoms with Crippen molar-refractivity contribution in [2.75, 3.05) is 4.90 Å². The van der Waals surface area contributed by atoms with Gasteiger partial charge in [0.15, 0.2) is 0 Å². The van der Waals surface area contributed by atoms with E-state index in [1.807, 2.05) is 48.5 Å². The fraction of sp³-hybridized carbons (Fsp3) is 0. The van der Waals surface area contributed by atoms with Gasteiger partial charge in [0, 0.05) is 28.2 Å². The summed E-state index contributed by atoms with van der Waals surface area (Å²) in [5.74, 6) is -0.0507. The summed E-state index contributed by atoms with van der Waals surface area (Å²) in [7, 11) is 0. The first-order valence-corrected chi connectivity index (χ1v) is 15.4. The molecule has 0 aromatic heterocycles. The molecule has 7 aromatic rings. The number of nitro groups is 2. The first-order valence-electron chi connectivity index (χ1n) is 15.4. The van der Waals surface area contributed by atoms with Crippen molar-refractivity contribution in [3.05, 3.63) is 160 Å². The predicted molar refractivity (Wildman–Crippen MR) is 194 cm³/mol. The standard InChI is InChI=1S/C38H25N7O6/c46-35-21-9-24-5-1-3-7-31(24)37(35)41-39-26-11-15-28(16-12-26)43(33-20-19-30(44(48)49)23-34(33)45(50)51)29-17-13-27(14-18-29)40-42-38-32-8-4-2-6-25(32)10-22-36(38)47/h1-23,46-47H/b41-39+,42-40+. The number of nitrogens with zero attached hydrogens (tertiary/aromatic N) is 7. The Balaban J connectivity index is 1.25. The number of azo groups is 2. The Hall–Kier alpha value is -7.54. The van der Waals surface area contributed by atoms with E-state index in [4.69, 9.17) is 0 Å². The molecule has 0 saturated heterocycles. The third kappa shape index (κ3) is 6.49. The summed E-state index contributed by atoms with van der Waals surface area (Å²) in [5.41, 5.74) is 1.65. The minimum Gasteiger partial charge on any atom is -0.506 e. The summed E-state index contributed by atoms with van der Waals surface area (Å²) in [6.45, 7) is 0. The van der Waals surface area contributed by atoms with Crippen LogP contribution in [0.3, 0.4) is 0 Å². The summed E-state index contributed by atoms with van der Waals surface area (Å²) in [6, 6.07) is 38.4. The minimum atomic E-state index is -0.692. The van der Waals surface area contributed by atoms with E-state index in [1.165, 1.54) is 12.1 Å². The van der Waals surface area contributed by atoms with Crippen molar-refractivity contribution in [1.82, 2.24) is 0 Å². The number of benzene rings is 7. The molecule has 0 heterocycles. The van der Waals surface area contributed by atoms with Gasteiger partial charge in [-0.15, -0.1) is 10.2 Å². The zero-order valence-electron chi connectivity index (χ0n) is 26.4. The molecular weight excluding hydrogens is 650 g/mol. The van der Waals surface area contributed by atoms with E-state index in [-0.39, 0.29) is 17.2 Å². The molecule has 0 amide bonds. The number of rotatable bonds is 9. The number of non-ortho nitro benzene ring substituents is 1. The number of fused-ring (bicyclic) bond motifs is 2. The average molecular weight is 676 g/mol. The van der Waals surface area contributed by atoms with E-state index in [0.29, 0.717) is 34.1 Å². The number of phenols is 2. The van der Waals surface area contributed by atoms with Crippen LogP contribution in [0.2, 0.25) is 0 Å². The van der Waals surface area contributed by atoms with Crippen molar-refractivity contribution in [2.45, 2.75) is 0 Å². The minimum absolute atomic E-state index is 0.0253. The fourth-order valence-electron chi connectivity index (χ4n) is 5.64. The van der Waals surface area contributed by atoms with E-state index < -0.39 is 21.2 Å². The van der Waals surface area contributed by atoms with Crippen molar-refractivity contribution >= 4 is 72.7 Å². The van der Waals surface area contributed by atoms with Crippen LogP contribution in [-0.2, 0) is 0 Å². The first kappa shape index (κ1) is 32.0. The van der Waals surface area contributed by atoms with Crippen molar-refractivity contribution in [3.63, 3.8) is 0 Å². The van der Waals surface area contributed by atoms with Gasteiger partial charge in [-0.05, 0) is 77.5 Å². The Labute approximate surface area is 289 Å². The molecular formula is C38H25N7O6. The molecule has 0 saturated carbocycles. The number of nitro benzene ring substituents is 2. The van der Waals surface area contributed by atoms with E-state index in [2.05, 4.69) is 20.5 Å². The van der Waals surface area contributed by atoms with Gasteiger partial charge in [0.05, 0.1) is 27.3 Å². The molecule has 0 bridgehead atoms. The summed E-state index contributed by atoms with van der Waals surface area (Å²) >= 11 is 0. The molecule has 0 aliphatic rings. The lowest BCUT2D eigenvalue weighted by molar-refractivity contribution is -0.393. The first-order chi connectivity index (χ1) is 24.8. The van der Waals surface area contributed by atoms with Gasteiger partial charge in [-0.1, -0.05) is 60.7 Å². The van der Waals surface area contributed by atoms with E-state index in [9.17, 15) is 30.4 Å². The molecule has 0 unspecified atom stereocenters. The largest absolute Gasteiger partial charge is 0.506 e. The average Bonchev–Trinajstić information content (AvgIpc) is 3.15. The van der Waals surface area contributed by atoms with E-state index in [0.717, 1.165) is 27.6 Å². The Morgan fingerprint density at radius 1 is 0.510 bits per heavy atom. The van der Waals surface area contributed by atoms with Crippen LogP contribution in [-0.4, -0.2) is 20.1 Å². The van der Waals surface area contributed by atoms with Crippen LogP contribution in [0.25, 0.3) is 21.5 Å². The summed E-state index contributed by atoms with van der Waals surface area (Å²) in [6.07, 6.45) is 0. The SMILES string of the molecule is O=[N+]([O-])c1ccc(N(c2ccc(/N=N/c3c(O)ccc4ccccc34)cc2)c2ccc(/N=N/c3c(O)ccc4ccccc34)cc2)c([N+](=O)[O-])c1. The smallest absolute Gasteiger partial charge is 0.300 e. The maximum absolute atomic E-state index is 12.2. The molecule has 7 aromatic carbocycles. The predicted octanol–water partition coefficient (Wildman–Crippen LogP) is 11.5. The van der Waals surface area contributed by atoms with Gasteiger partial charge in [0.25, 0.3) is 11.4 Å². The number of anilines is 3. The van der Waals surface area contributed by atoms with Crippen LogP contribution >= 0.6 is 0 Å². The van der Waals surface area contributed by atoms with Crippen LogP contribution in [0.5, 0.6) is 11.5 Å². The highest BCUT2D eigenvalue weighted by atomic mass is 16.6. The van der Waals surface area contributed by atoms with Crippen molar-refractivity contribution in [2.24, 2.45) is 20.5 Å². The van der Waals surface area contributed by atoms with Gasteiger partial charge in [-0.25, -0.2) is 0 Å². The molecule has 0 spiro atoms. The summed E-state index contributed by atoms with van der Waals surface area (Å²) in [5, 5.41) is 65.1. The van der Waals surface area contributed by atoms with Gasteiger partial charge in [-0.2, -0.15) is 10.2 Å². The summed E-state index contributed by atoms with van der Waals surface area (Å²) < 4.78 is 0.